The maximum Gasteiger partial charge on any atom is 0.252 e. The third-order valence-corrected chi connectivity index (χ3v) is 22.1. The van der Waals surface area contributed by atoms with Crippen molar-refractivity contribution in [2.45, 2.75) is 187 Å². The molecule has 0 N–H and O–H groups in total. The van der Waals surface area contributed by atoms with Crippen molar-refractivity contribution in [2.75, 3.05) is 14.7 Å². The third kappa shape index (κ3) is 6.47. The molecule has 386 valence electrons. The molecule has 0 amide bonds. The predicted octanol–water partition coefficient (Wildman–Crippen LogP) is 18.1. The minimum Gasteiger partial charge on any atom is -0.334 e. The van der Waals surface area contributed by atoms with Gasteiger partial charge >= 0.3 is 0 Å². The Morgan fingerprint density at radius 1 is 0.487 bits per heavy atom. The smallest absolute Gasteiger partial charge is 0.252 e. The van der Waals surface area contributed by atoms with Crippen LogP contribution in [0.4, 0.5) is 45.5 Å². The van der Waals surface area contributed by atoms with Crippen molar-refractivity contribution < 1.29 is 0 Å². The van der Waals surface area contributed by atoms with E-state index in [9.17, 15) is 0 Å². The molecule has 1 aromatic heterocycles. The predicted molar refractivity (Wildman–Crippen MR) is 330 cm³/mol. The maximum absolute atomic E-state index is 2.83. The van der Waals surface area contributed by atoms with Gasteiger partial charge in [0.1, 0.15) is 0 Å². The first-order valence-corrected chi connectivity index (χ1v) is 29.7. The van der Waals surface area contributed by atoms with Crippen molar-refractivity contribution in [3.63, 3.8) is 0 Å². The van der Waals surface area contributed by atoms with E-state index < -0.39 is 0 Å². The van der Waals surface area contributed by atoms with Gasteiger partial charge in [0.2, 0.25) is 0 Å². The first kappa shape index (κ1) is 48.6. The summed E-state index contributed by atoms with van der Waals surface area (Å²) in [5.41, 5.74) is 26.6. The fraction of sp³-hybridized carbons (Fsp3) is 0.408. The Labute approximate surface area is 458 Å². The Kier molecular flexibility index (Phi) is 9.90. The quantitative estimate of drug-likeness (QED) is 0.163. The number of hydrogen-bond donors (Lipinski definition) is 0. The molecule has 3 aliphatic carbocycles. The molecule has 0 spiro atoms. The van der Waals surface area contributed by atoms with Crippen molar-refractivity contribution >= 4 is 100 Å². The molecular formula is C71H78BN3S. The molecule has 3 nitrogen and oxygen atoms in total. The van der Waals surface area contributed by atoms with Crippen molar-refractivity contribution in [3.8, 4) is 0 Å². The second-order valence-corrected chi connectivity index (χ2v) is 29.9. The van der Waals surface area contributed by atoms with Crippen LogP contribution in [0.15, 0.2) is 115 Å². The number of thiophene rings is 1. The largest absolute Gasteiger partial charge is 0.334 e. The maximum atomic E-state index is 2.83. The van der Waals surface area contributed by atoms with E-state index in [1.807, 2.05) is 11.3 Å². The van der Waals surface area contributed by atoms with E-state index in [-0.39, 0.29) is 44.7 Å². The van der Waals surface area contributed by atoms with Crippen molar-refractivity contribution in [3.05, 3.63) is 160 Å². The minimum atomic E-state index is -0.0828. The van der Waals surface area contributed by atoms with E-state index >= 15 is 0 Å². The summed E-state index contributed by atoms with van der Waals surface area (Å²) in [6.45, 7) is 37.0. The first-order valence-electron chi connectivity index (χ1n) is 28.9. The molecule has 1 fully saturated rings. The lowest BCUT2D eigenvalue weighted by molar-refractivity contribution is 0.195. The summed E-state index contributed by atoms with van der Waals surface area (Å²) in [7, 11) is 0. The molecule has 0 radical (unpaired) electrons. The van der Waals surface area contributed by atoms with E-state index in [4.69, 9.17) is 0 Å². The van der Waals surface area contributed by atoms with Crippen LogP contribution >= 0.6 is 11.3 Å². The van der Waals surface area contributed by atoms with Gasteiger partial charge < -0.3 is 14.7 Å². The van der Waals surface area contributed by atoms with Gasteiger partial charge in [0, 0.05) is 65.4 Å². The fourth-order valence-corrected chi connectivity index (χ4v) is 17.9. The minimum absolute atomic E-state index is 0.0180. The molecule has 5 heteroatoms. The average molecular weight is 1020 g/mol. The number of nitrogens with zero attached hydrogens (tertiary/aromatic N) is 3. The Hall–Kier alpha value is -5.78. The van der Waals surface area contributed by atoms with Crippen LogP contribution < -0.4 is 31.1 Å². The van der Waals surface area contributed by atoms with Crippen LogP contribution in [-0.4, -0.2) is 12.3 Å². The van der Waals surface area contributed by atoms with E-state index in [0.29, 0.717) is 0 Å². The van der Waals surface area contributed by atoms with Crippen LogP contribution in [0.25, 0.3) is 20.2 Å². The summed E-state index contributed by atoms with van der Waals surface area (Å²) in [6, 6.07) is 47.2. The standard InChI is InChI=1S/C71H78BN3S/c1-42-33-59-64-60(34-42)74(56-39-49-47(35-43(56)2)66(6,7)31-32-67(49,8)9)57-37-45(75-54-28-25-44(65(3,4)5)36-51(54)70(14)29-18-19-30-71(70,75)15)26-27-52(57)72(64)53-38-48-50(69(12,13)41-68(48,10)11)40-58(53)73(59)55-22-20-24-62-63(55)46-21-16-17-23-61(46)76-62/h16-17,20-28,33-40H,18-19,29-32,41H2,1-15H3. The van der Waals surface area contributed by atoms with Gasteiger partial charge in [-0.3, -0.25) is 0 Å². The zero-order chi connectivity index (χ0) is 53.2. The van der Waals surface area contributed by atoms with Crippen LogP contribution in [0, 0.1) is 13.8 Å². The third-order valence-electron chi connectivity index (χ3n) is 20.9. The molecule has 1 saturated carbocycles. The van der Waals surface area contributed by atoms with E-state index in [1.165, 1.54) is 165 Å². The van der Waals surface area contributed by atoms with Crippen LogP contribution in [0.1, 0.15) is 179 Å². The molecule has 6 aliphatic rings. The van der Waals surface area contributed by atoms with E-state index in [2.05, 4.69) is 234 Å². The molecule has 3 aliphatic heterocycles. The second-order valence-electron chi connectivity index (χ2n) is 28.8. The number of rotatable bonds is 3. The van der Waals surface area contributed by atoms with Gasteiger partial charge in [-0.05, 0) is 202 Å². The number of aryl methyl sites for hydroxylation is 2. The molecule has 4 heterocycles. The molecule has 14 rings (SSSR count). The van der Waals surface area contributed by atoms with Gasteiger partial charge in [0.05, 0.1) is 11.2 Å². The molecule has 7 aromatic carbocycles. The van der Waals surface area contributed by atoms with Gasteiger partial charge in [-0.2, -0.15) is 0 Å². The van der Waals surface area contributed by atoms with Gasteiger partial charge in [-0.15, -0.1) is 11.3 Å². The zero-order valence-electron chi connectivity index (χ0n) is 48.2. The molecular weight excluding hydrogens is 938 g/mol. The van der Waals surface area contributed by atoms with Crippen LogP contribution in [-0.2, 0) is 32.5 Å². The monoisotopic (exact) mass is 1020 g/mol. The SMILES string of the molecule is Cc1cc2c3c(c1)N(c1cccc4sc5ccccc5c14)c1cc4c(cc1B3c1ccc(N3c5ccc(C(C)(C)C)cc5C5(C)CCCCC35C)cc1N2c1cc2c(cc1C)C(C)(C)CCC2(C)C)C(C)(C)CC4(C)C. The van der Waals surface area contributed by atoms with Gasteiger partial charge in [0.15, 0.2) is 0 Å². The highest BCUT2D eigenvalue weighted by atomic mass is 32.1. The van der Waals surface area contributed by atoms with Crippen molar-refractivity contribution in [1.82, 2.24) is 0 Å². The average Bonchev–Trinajstić information content (AvgIpc) is 3.94. The Bertz CT molecular complexity index is 3840. The lowest BCUT2D eigenvalue weighted by Gasteiger charge is -2.51. The van der Waals surface area contributed by atoms with Crippen LogP contribution in [0.3, 0.4) is 0 Å². The molecule has 0 saturated heterocycles. The topological polar surface area (TPSA) is 9.72 Å². The Balaban J connectivity index is 1.09. The molecule has 8 aromatic rings. The normalized spacial score (nSPS) is 23.0. The zero-order valence-corrected chi connectivity index (χ0v) is 49.1. The van der Waals surface area contributed by atoms with Crippen LogP contribution in [0.5, 0.6) is 0 Å². The number of benzene rings is 7. The van der Waals surface area contributed by atoms with E-state index in [1.54, 1.807) is 0 Å². The van der Waals surface area contributed by atoms with Crippen molar-refractivity contribution in [1.29, 1.82) is 0 Å². The van der Waals surface area contributed by atoms with Crippen LogP contribution in [0.2, 0.25) is 0 Å². The lowest BCUT2D eigenvalue weighted by atomic mass is 9.33. The summed E-state index contributed by atoms with van der Waals surface area (Å²) in [6.07, 6.45) is 8.38. The summed E-state index contributed by atoms with van der Waals surface area (Å²) >= 11 is 1.92. The summed E-state index contributed by atoms with van der Waals surface area (Å²) in [5.74, 6) is 0. The Morgan fingerprint density at radius 2 is 1.11 bits per heavy atom. The first-order chi connectivity index (χ1) is 35.8. The van der Waals surface area contributed by atoms with Crippen molar-refractivity contribution in [2.24, 2.45) is 0 Å². The molecule has 2 atom stereocenters. The summed E-state index contributed by atoms with van der Waals surface area (Å²) in [4.78, 5) is 8.32. The van der Waals surface area contributed by atoms with Gasteiger partial charge in [-0.25, -0.2) is 0 Å². The lowest BCUT2D eigenvalue weighted by Crippen LogP contribution is -2.61. The fourth-order valence-electron chi connectivity index (χ4n) is 16.7. The highest BCUT2D eigenvalue weighted by molar-refractivity contribution is 7.26. The molecule has 76 heavy (non-hydrogen) atoms. The molecule has 2 unspecified atom stereocenters. The number of hydrogen-bond acceptors (Lipinski definition) is 4. The van der Waals surface area contributed by atoms with Gasteiger partial charge in [-0.1, -0.05) is 151 Å². The molecule has 0 bridgehead atoms. The summed E-state index contributed by atoms with van der Waals surface area (Å²) < 4.78 is 2.67. The highest BCUT2D eigenvalue weighted by Gasteiger charge is 2.58. The number of fused-ring (bicyclic) bond motifs is 12. The van der Waals surface area contributed by atoms with E-state index in [0.717, 1.165) is 6.42 Å². The summed E-state index contributed by atoms with van der Waals surface area (Å²) in [5, 5.41) is 2.68. The highest BCUT2D eigenvalue weighted by Crippen LogP contribution is 2.62. The Morgan fingerprint density at radius 3 is 1.83 bits per heavy atom. The van der Waals surface area contributed by atoms with Gasteiger partial charge in [0.25, 0.3) is 6.71 Å². The second kappa shape index (κ2) is 15.5. The number of anilines is 8.